The molecule has 19 heavy (non-hydrogen) atoms. The Morgan fingerprint density at radius 1 is 1.37 bits per heavy atom. The molecule has 0 radical (unpaired) electrons. The molecule has 0 aliphatic rings. The van der Waals surface area contributed by atoms with Gasteiger partial charge in [-0.15, -0.1) is 0 Å². The van der Waals surface area contributed by atoms with Crippen LogP contribution >= 0.6 is 0 Å². The highest BCUT2D eigenvalue weighted by Crippen LogP contribution is 2.08. The molecule has 1 aromatic heterocycles. The molecule has 0 saturated heterocycles. The van der Waals surface area contributed by atoms with Crippen molar-refractivity contribution < 1.29 is 9.90 Å². The number of nitrogens with zero attached hydrogens (tertiary/aromatic N) is 1. The van der Waals surface area contributed by atoms with E-state index in [2.05, 4.69) is 15.3 Å². The van der Waals surface area contributed by atoms with E-state index in [-0.39, 0.29) is 0 Å². The Balaban J connectivity index is 1.89. The Morgan fingerprint density at radius 2 is 2.05 bits per heavy atom. The zero-order valence-corrected chi connectivity index (χ0v) is 10.3. The number of H-pyrrole nitrogens is 1. The fourth-order valence-electron chi connectivity index (χ4n) is 1.68. The van der Waals surface area contributed by atoms with Crippen LogP contribution in [0.3, 0.4) is 0 Å². The molecule has 1 heterocycles. The van der Waals surface area contributed by atoms with Crippen LogP contribution in [0.1, 0.15) is 11.1 Å². The van der Waals surface area contributed by atoms with Gasteiger partial charge in [0.15, 0.2) is 5.95 Å². The van der Waals surface area contributed by atoms with Gasteiger partial charge in [-0.25, -0.2) is 4.98 Å². The Labute approximate surface area is 110 Å². The Hall–Kier alpha value is -2.34. The van der Waals surface area contributed by atoms with Crippen LogP contribution in [-0.4, -0.2) is 27.1 Å². The molecular formula is C13H16N4O2. The molecule has 6 nitrogen and oxygen atoms in total. The molecule has 100 valence electrons. The minimum absolute atomic E-state index is 0.335. The molecule has 2 rings (SSSR count). The van der Waals surface area contributed by atoms with Crippen molar-refractivity contribution in [3.8, 4) is 0 Å². The largest absolute Gasteiger partial charge is 0.480 e. The van der Waals surface area contributed by atoms with Gasteiger partial charge in [0.2, 0.25) is 0 Å². The van der Waals surface area contributed by atoms with Gasteiger partial charge in [0.1, 0.15) is 6.04 Å². The van der Waals surface area contributed by atoms with Crippen molar-refractivity contribution in [1.29, 1.82) is 0 Å². The molecule has 0 aliphatic carbocycles. The summed E-state index contributed by atoms with van der Waals surface area (Å²) in [7, 11) is 0. The molecule has 0 fully saturated rings. The van der Waals surface area contributed by atoms with Crippen molar-refractivity contribution in [2.24, 2.45) is 5.73 Å². The molecule has 1 atom stereocenters. The highest BCUT2D eigenvalue weighted by molar-refractivity contribution is 5.73. The SMILES string of the molecule is N[C@@H](Cc1ccc(CNc2ncc[nH]2)cc1)C(=O)O. The summed E-state index contributed by atoms with van der Waals surface area (Å²) in [5, 5.41) is 11.9. The third-order valence-electron chi connectivity index (χ3n) is 2.75. The fraction of sp³-hybridized carbons (Fsp3) is 0.231. The number of aliphatic carboxylic acids is 1. The van der Waals surface area contributed by atoms with Crippen LogP contribution in [0.25, 0.3) is 0 Å². The number of benzene rings is 1. The molecular weight excluding hydrogens is 244 g/mol. The summed E-state index contributed by atoms with van der Waals surface area (Å²) in [6.07, 6.45) is 3.76. The van der Waals surface area contributed by atoms with Gasteiger partial charge in [-0.05, 0) is 17.5 Å². The summed E-state index contributed by atoms with van der Waals surface area (Å²) >= 11 is 0. The van der Waals surface area contributed by atoms with Gasteiger partial charge >= 0.3 is 5.97 Å². The number of nitrogens with one attached hydrogen (secondary N) is 2. The number of hydrogen-bond acceptors (Lipinski definition) is 4. The summed E-state index contributed by atoms with van der Waals surface area (Å²) in [6, 6.07) is 6.82. The number of carbonyl (C=O) groups is 1. The third kappa shape index (κ3) is 3.82. The number of rotatable bonds is 6. The van der Waals surface area contributed by atoms with Crippen molar-refractivity contribution in [2.45, 2.75) is 19.0 Å². The maximum atomic E-state index is 10.7. The number of imidazole rings is 1. The summed E-state index contributed by atoms with van der Waals surface area (Å²) in [6.45, 7) is 0.652. The van der Waals surface area contributed by atoms with Crippen LogP contribution in [0.4, 0.5) is 5.95 Å². The van der Waals surface area contributed by atoms with Crippen molar-refractivity contribution in [1.82, 2.24) is 9.97 Å². The van der Waals surface area contributed by atoms with Crippen molar-refractivity contribution in [2.75, 3.05) is 5.32 Å². The number of carboxylic acids is 1. The van der Waals surface area contributed by atoms with E-state index in [9.17, 15) is 4.79 Å². The smallest absolute Gasteiger partial charge is 0.320 e. The number of hydrogen-bond donors (Lipinski definition) is 4. The van der Waals surface area contributed by atoms with E-state index in [0.29, 0.717) is 13.0 Å². The van der Waals surface area contributed by atoms with Crippen LogP contribution in [0.2, 0.25) is 0 Å². The highest BCUT2D eigenvalue weighted by Gasteiger charge is 2.11. The first kappa shape index (κ1) is 13.1. The standard InChI is InChI=1S/C13H16N4O2/c14-11(12(18)19)7-9-1-3-10(4-2-9)8-17-13-15-5-6-16-13/h1-6,11H,7-8,14H2,(H,18,19)(H2,15,16,17)/t11-/m0/s1. The van der Waals surface area contributed by atoms with E-state index in [0.717, 1.165) is 17.1 Å². The van der Waals surface area contributed by atoms with Crippen LogP contribution < -0.4 is 11.1 Å². The number of aromatic amines is 1. The molecule has 6 heteroatoms. The summed E-state index contributed by atoms with van der Waals surface area (Å²) < 4.78 is 0. The molecule has 0 bridgehead atoms. The van der Waals surface area contributed by atoms with Gasteiger partial charge in [-0.1, -0.05) is 24.3 Å². The first-order chi connectivity index (χ1) is 9.15. The normalized spacial score (nSPS) is 12.1. The van der Waals surface area contributed by atoms with Gasteiger partial charge < -0.3 is 21.1 Å². The first-order valence-corrected chi connectivity index (χ1v) is 5.94. The predicted molar refractivity (Wildman–Crippen MR) is 71.7 cm³/mol. The van der Waals surface area contributed by atoms with E-state index < -0.39 is 12.0 Å². The van der Waals surface area contributed by atoms with Crippen molar-refractivity contribution >= 4 is 11.9 Å². The minimum atomic E-state index is -0.983. The van der Waals surface area contributed by atoms with E-state index in [1.165, 1.54) is 0 Å². The topological polar surface area (TPSA) is 104 Å². The molecule has 0 unspecified atom stereocenters. The zero-order valence-electron chi connectivity index (χ0n) is 10.3. The van der Waals surface area contributed by atoms with E-state index in [1.807, 2.05) is 24.3 Å². The minimum Gasteiger partial charge on any atom is -0.480 e. The monoisotopic (exact) mass is 260 g/mol. The number of carboxylic acid groups (broad SMARTS) is 1. The molecule has 1 aromatic carbocycles. The Bertz CT molecular complexity index is 522. The van der Waals surface area contributed by atoms with Gasteiger partial charge in [0.25, 0.3) is 0 Å². The lowest BCUT2D eigenvalue weighted by Gasteiger charge is -2.08. The van der Waals surface area contributed by atoms with E-state index in [4.69, 9.17) is 10.8 Å². The summed E-state index contributed by atoms with van der Waals surface area (Å²) in [5.74, 6) is -0.263. The average molecular weight is 260 g/mol. The van der Waals surface area contributed by atoms with E-state index >= 15 is 0 Å². The lowest BCUT2D eigenvalue weighted by molar-refractivity contribution is -0.138. The van der Waals surface area contributed by atoms with Gasteiger partial charge in [-0.2, -0.15) is 0 Å². The van der Waals surface area contributed by atoms with Crippen LogP contribution in [0.5, 0.6) is 0 Å². The van der Waals surface area contributed by atoms with Crippen molar-refractivity contribution in [3.05, 3.63) is 47.8 Å². The van der Waals surface area contributed by atoms with Gasteiger partial charge in [0.05, 0.1) is 0 Å². The lowest BCUT2D eigenvalue weighted by Crippen LogP contribution is -2.32. The fourth-order valence-corrected chi connectivity index (χ4v) is 1.68. The van der Waals surface area contributed by atoms with Crippen LogP contribution in [0.15, 0.2) is 36.7 Å². The lowest BCUT2D eigenvalue weighted by atomic mass is 10.0. The molecule has 0 spiro atoms. The van der Waals surface area contributed by atoms with Crippen LogP contribution in [0, 0.1) is 0 Å². The van der Waals surface area contributed by atoms with Gasteiger partial charge in [-0.3, -0.25) is 4.79 Å². The molecule has 5 N–H and O–H groups in total. The second-order valence-corrected chi connectivity index (χ2v) is 4.26. The predicted octanol–water partition coefficient (Wildman–Crippen LogP) is 0.976. The number of aromatic nitrogens is 2. The molecule has 0 aliphatic heterocycles. The van der Waals surface area contributed by atoms with Crippen LogP contribution in [-0.2, 0) is 17.8 Å². The quantitative estimate of drug-likeness (QED) is 0.619. The molecule has 2 aromatic rings. The van der Waals surface area contributed by atoms with E-state index in [1.54, 1.807) is 12.4 Å². The van der Waals surface area contributed by atoms with Crippen molar-refractivity contribution in [3.63, 3.8) is 0 Å². The number of nitrogens with two attached hydrogens (primary N) is 1. The molecule has 0 saturated carbocycles. The number of anilines is 1. The second kappa shape index (κ2) is 6.01. The maximum Gasteiger partial charge on any atom is 0.320 e. The first-order valence-electron chi connectivity index (χ1n) is 5.94. The molecule has 0 amide bonds. The highest BCUT2D eigenvalue weighted by atomic mass is 16.4. The third-order valence-corrected chi connectivity index (χ3v) is 2.75. The average Bonchev–Trinajstić information content (AvgIpc) is 2.91. The Morgan fingerprint density at radius 3 is 2.63 bits per heavy atom. The van der Waals surface area contributed by atoms with Gasteiger partial charge in [0, 0.05) is 18.9 Å². The maximum absolute atomic E-state index is 10.7. The zero-order chi connectivity index (χ0) is 13.7. The second-order valence-electron chi connectivity index (χ2n) is 4.26. The summed E-state index contributed by atoms with van der Waals surface area (Å²) in [4.78, 5) is 17.7. The summed E-state index contributed by atoms with van der Waals surface area (Å²) in [5.41, 5.74) is 7.49. The Kier molecular flexibility index (Phi) is 4.15.